The number of rotatable bonds is 4. The third-order valence-corrected chi connectivity index (χ3v) is 5.72. The van der Waals surface area contributed by atoms with E-state index in [9.17, 15) is 14.7 Å². The number of Topliss-reactive ketones (excluding diaryl/α,β-unsaturated/α-hetero) is 1. The molecule has 3 aromatic rings. The topological polar surface area (TPSA) is 91.2 Å². The summed E-state index contributed by atoms with van der Waals surface area (Å²) in [5.74, 6) is -0.307. The first kappa shape index (κ1) is 19.0. The van der Waals surface area contributed by atoms with Gasteiger partial charge in [0.2, 0.25) is 5.91 Å². The smallest absolute Gasteiger partial charge is 0.248 e. The number of hydrogen-bond acceptors (Lipinski definition) is 4. The van der Waals surface area contributed by atoms with Crippen molar-refractivity contribution in [2.24, 2.45) is 0 Å². The lowest BCUT2D eigenvalue weighted by atomic mass is 9.99. The number of nitrogens with zero attached hydrogens (tertiary/aromatic N) is 3. The van der Waals surface area contributed by atoms with Crippen LogP contribution in [0.15, 0.2) is 18.3 Å². The highest BCUT2D eigenvalue weighted by Gasteiger charge is 2.27. The summed E-state index contributed by atoms with van der Waals surface area (Å²) in [6, 6.07) is 3.58. The number of carbonyl (C=O) groups excluding carboxylic acids is 2. The molecule has 0 bridgehead atoms. The number of benzene rings is 1. The summed E-state index contributed by atoms with van der Waals surface area (Å²) in [5.41, 5.74) is 4.08. The Labute approximate surface area is 170 Å². The van der Waals surface area contributed by atoms with Gasteiger partial charge in [0.25, 0.3) is 0 Å². The molecule has 4 rings (SSSR count). The molecule has 0 atom stereocenters. The highest BCUT2D eigenvalue weighted by molar-refractivity contribution is 6.45. The molecule has 1 aromatic carbocycles. The van der Waals surface area contributed by atoms with Gasteiger partial charge < -0.3 is 15.0 Å². The van der Waals surface area contributed by atoms with Gasteiger partial charge in [-0.2, -0.15) is 5.10 Å². The van der Waals surface area contributed by atoms with Gasteiger partial charge in [0.15, 0.2) is 5.78 Å². The van der Waals surface area contributed by atoms with Gasteiger partial charge in [0, 0.05) is 47.9 Å². The number of amides is 1. The van der Waals surface area contributed by atoms with E-state index in [1.54, 1.807) is 21.8 Å². The second kappa shape index (κ2) is 7.24. The van der Waals surface area contributed by atoms with E-state index in [1.807, 2.05) is 6.07 Å². The van der Waals surface area contributed by atoms with E-state index < -0.39 is 6.61 Å². The number of fused-ring (bicyclic) bond motifs is 3. The summed E-state index contributed by atoms with van der Waals surface area (Å²) < 4.78 is 1.58. The molecule has 0 saturated carbocycles. The van der Waals surface area contributed by atoms with Crippen molar-refractivity contribution in [3.8, 4) is 11.3 Å². The molecule has 3 heterocycles. The number of aliphatic hydroxyl groups is 1. The molecule has 7 nitrogen and oxygen atoms in total. The molecule has 1 aliphatic heterocycles. The van der Waals surface area contributed by atoms with E-state index in [0.29, 0.717) is 40.8 Å². The fourth-order valence-corrected chi connectivity index (χ4v) is 4.07. The van der Waals surface area contributed by atoms with E-state index in [-0.39, 0.29) is 18.2 Å². The monoisotopic (exact) mass is 420 g/mol. The molecule has 1 amide bonds. The van der Waals surface area contributed by atoms with Crippen LogP contribution in [0, 0.1) is 0 Å². The lowest BCUT2D eigenvalue weighted by Gasteiger charge is -2.26. The van der Waals surface area contributed by atoms with E-state index in [1.165, 1.54) is 6.92 Å². The number of aromatic amines is 1. The zero-order valence-electron chi connectivity index (χ0n) is 15.1. The van der Waals surface area contributed by atoms with Gasteiger partial charge in [0.1, 0.15) is 6.61 Å². The minimum Gasteiger partial charge on any atom is -0.387 e. The van der Waals surface area contributed by atoms with Crippen LogP contribution < -0.4 is 0 Å². The predicted molar refractivity (Wildman–Crippen MR) is 106 cm³/mol. The molecule has 9 heteroatoms. The molecule has 2 N–H and O–H groups in total. The van der Waals surface area contributed by atoms with Crippen LogP contribution in [0.4, 0.5) is 0 Å². The summed E-state index contributed by atoms with van der Waals surface area (Å²) >= 11 is 12.8. The number of ketones is 1. The summed E-state index contributed by atoms with van der Waals surface area (Å²) in [7, 11) is 0. The van der Waals surface area contributed by atoms with Crippen molar-refractivity contribution in [1.82, 2.24) is 19.7 Å². The first-order valence-electron chi connectivity index (χ1n) is 8.82. The van der Waals surface area contributed by atoms with Crippen molar-refractivity contribution < 1.29 is 14.7 Å². The van der Waals surface area contributed by atoms with Crippen molar-refractivity contribution in [1.29, 1.82) is 0 Å². The molecule has 1 aliphatic rings. The summed E-state index contributed by atoms with van der Waals surface area (Å²) in [4.78, 5) is 28.3. The average Bonchev–Trinajstić information content (AvgIpc) is 3.28. The molecule has 28 heavy (non-hydrogen) atoms. The number of nitrogens with one attached hydrogen (secondary N) is 1. The highest BCUT2D eigenvalue weighted by atomic mass is 35.5. The van der Waals surface area contributed by atoms with Crippen LogP contribution in [0.25, 0.3) is 22.2 Å². The van der Waals surface area contributed by atoms with Gasteiger partial charge in [-0.3, -0.25) is 14.3 Å². The summed E-state index contributed by atoms with van der Waals surface area (Å²) in [6.45, 7) is 2.07. The molecular formula is C19H18Cl2N4O3. The highest BCUT2D eigenvalue weighted by Crippen LogP contribution is 2.41. The van der Waals surface area contributed by atoms with Crippen molar-refractivity contribution in [3.05, 3.63) is 39.6 Å². The van der Waals surface area contributed by atoms with Crippen LogP contribution in [0.1, 0.15) is 18.2 Å². The molecule has 0 spiro atoms. The SMILES string of the molecule is CC(=O)Cn1ccc(-c2cc(Cl)c(Cl)c3[nH]c4c(c23)CN(C(=O)CO)CC4)n1. The molecule has 0 unspecified atom stereocenters. The third kappa shape index (κ3) is 3.19. The van der Waals surface area contributed by atoms with Gasteiger partial charge in [-0.25, -0.2) is 0 Å². The molecule has 0 saturated heterocycles. The fourth-order valence-electron chi connectivity index (χ4n) is 3.68. The van der Waals surface area contributed by atoms with E-state index in [0.717, 1.165) is 22.2 Å². The minimum atomic E-state index is -0.521. The maximum atomic E-state index is 12.0. The van der Waals surface area contributed by atoms with Crippen LogP contribution in [0.5, 0.6) is 0 Å². The van der Waals surface area contributed by atoms with Gasteiger partial charge in [0.05, 0.1) is 27.8 Å². The molecule has 146 valence electrons. The van der Waals surface area contributed by atoms with Crippen molar-refractivity contribution in [2.45, 2.75) is 26.4 Å². The normalized spacial score (nSPS) is 13.8. The number of carbonyl (C=O) groups is 2. The Hall–Kier alpha value is -2.35. The number of H-pyrrole nitrogens is 1. The van der Waals surface area contributed by atoms with Crippen molar-refractivity contribution in [2.75, 3.05) is 13.2 Å². The van der Waals surface area contributed by atoms with Crippen LogP contribution >= 0.6 is 23.2 Å². The second-order valence-electron chi connectivity index (χ2n) is 6.88. The van der Waals surface area contributed by atoms with E-state index in [2.05, 4.69) is 10.1 Å². The first-order valence-corrected chi connectivity index (χ1v) is 9.58. The quantitative estimate of drug-likeness (QED) is 0.678. The molecule has 2 aromatic heterocycles. The zero-order chi connectivity index (χ0) is 20.0. The Morgan fingerprint density at radius 1 is 1.36 bits per heavy atom. The van der Waals surface area contributed by atoms with Gasteiger partial charge in [-0.05, 0) is 19.1 Å². The van der Waals surface area contributed by atoms with Gasteiger partial charge >= 0.3 is 0 Å². The summed E-state index contributed by atoms with van der Waals surface area (Å²) in [6.07, 6.45) is 2.37. The fraction of sp³-hybridized carbons (Fsp3) is 0.316. The molecule has 0 fully saturated rings. The maximum absolute atomic E-state index is 12.0. The number of halogens is 2. The zero-order valence-corrected chi connectivity index (χ0v) is 16.6. The summed E-state index contributed by atoms with van der Waals surface area (Å²) in [5, 5.41) is 15.4. The number of hydrogen-bond donors (Lipinski definition) is 2. The average molecular weight is 421 g/mol. The Kier molecular flexibility index (Phi) is 4.91. The second-order valence-corrected chi connectivity index (χ2v) is 7.66. The molecule has 0 radical (unpaired) electrons. The Morgan fingerprint density at radius 3 is 2.86 bits per heavy atom. The molecular weight excluding hydrogens is 403 g/mol. The predicted octanol–water partition coefficient (Wildman–Crippen LogP) is 2.80. The minimum absolute atomic E-state index is 0.00566. The first-order chi connectivity index (χ1) is 13.4. The maximum Gasteiger partial charge on any atom is 0.248 e. The largest absolute Gasteiger partial charge is 0.387 e. The lowest BCUT2D eigenvalue weighted by Crippen LogP contribution is -2.37. The Balaban J connectivity index is 1.88. The van der Waals surface area contributed by atoms with Gasteiger partial charge in [-0.15, -0.1) is 0 Å². The van der Waals surface area contributed by atoms with E-state index in [4.69, 9.17) is 23.2 Å². The number of aromatic nitrogens is 3. The Morgan fingerprint density at radius 2 is 2.14 bits per heavy atom. The standard InChI is InChI=1S/C19H18Cl2N4O3/c1-10(27)7-25-5-3-15(23-25)11-6-13(20)18(21)19-17(11)12-8-24(16(28)9-26)4-2-14(12)22-19/h3,5-6,22,26H,2,4,7-9H2,1H3. The van der Waals surface area contributed by atoms with Crippen LogP contribution in [0.3, 0.4) is 0 Å². The van der Waals surface area contributed by atoms with Crippen LogP contribution in [0.2, 0.25) is 10.0 Å². The lowest BCUT2D eigenvalue weighted by molar-refractivity contribution is -0.135. The van der Waals surface area contributed by atoms with Crippen molar-refractivity contribution >= 4 is 45.8 Å². The van der Waals surface area contributed by atoms with Gasteiger partial charge in [-0.1, -0.05) is 23.2 Å². The van der Waals surface area contributed by atoms with Crippen LogP contribution in [-0.4, -0.2) is 49.6 Å². The number of aliphatic hydroxyl groups excluding tert-OH is 1. The van der Waals surface area contributed by atoms with Crippen molar-refractivity contribution in [3.63, 3.8) is 0 Å². The third-order valence-electron chi connectivity index (χ3n) is 4.93. The van der Waals surface area contributed by atoms with Crippen LogP contribution in [-0.2, 0) is 29.1 Å². The van der Waals surface area contributed by atoms with E-state index >= 15 is 0 Å². The Bertz CT molecular complexity index is 1100. The molecule has 0 aliphatic carbocycles.